The van der Waals surface area contributed by atoms with Gasteiger partial charge in [-0.3, -0.25) is 0 Å². The SMILES string of the molecule is CC1(C)COB(c2ccc(Br)cc2)O1. The molecule has 1 aromatic carbocycles. The third kappa shape index (κ3) is 2.19. The van der Waals surface area contributed by atoms with Crippen LogP contribution in [0.15, 0.2) is 28.7 Å². The van der Waals surface area contributed by atoms with Crippen LogP contribution < -0.4 is 5.46 Å². The summed E-state index contributed by atoms with van der Waals surface area (Å²) < 4.78 is 12.4. The lowest BCUT2D eigenvalue weighted by Crippen LogP contribution is -2.34. The Balaban J connectivity index is 2.14. The van der Waals surface area contributed by atoms with Crippen LogP contribution in [0, 0.1) is 0 Å². The number of rotatable bonds is 1. The lowest BCUT2D eigenvalue weighted by atomic mass is 9.79. The Kier molecular flexibility index (Phi) is 2.69. The standard InChI is InChI=1S/C10H12BBrO2/c1-10(2)7-13-11(14-10)8-3-5-9(12)6-4-8/h3-6H,7H2,1-2H3. The Labute approximate surface area is 92.9 Å². The van der Waals surface area contributed by atoms with Crippen LogP contribution in [0.1, 0.15) is 13.8 Å². The molecule has 14 heavy (non-hydrogen) atoms. The zero-order valence-corrected chi connectivity index (χ0v) is 9.87. The highest BCUT2D eigenvalue weighted by Crippen LogP contribution is 2.19. The van der Waals surface area contributed by atoms with E-state index in [-0.39, 0.29) is 12.7 Å². The summed E-state index contributed by atoms with van der Waals surface area (Å²) in [6, 6.07) is 8.01. The lowest BCUT2D eigenvalue weighted by Gasteiger charge is -2.15. The van der Waals surface area contributed by atoms with E-state index in [1.807, 2.05) is 38.1 Å². The van der Waals surface area contributed by atoms with E-state index in [1.54, 1.807) is 0 Å². The summed E-state index contributed by atoms with van der Waals surface area (Å²) in [6.45, 7) is 4.71. The van der Waals surface area contributed by atoms with Gasteiger partial charge in [-0.2, -0.15) is 0 Å². The first-order valence-electron chi connectivity index (χ1n) is 4.62. The normalized spacial score (nSPS) is 20.1. The molecule has 0 spiro atoms. The predicted molar refractivity (Wildman–Crippen MR) is 60.6 cm³/mol. The lowest BCUT2D eigenvalue weighted by molar-refractivity contribution is 0.137. The van der Waals surface area contributed by atoms with E-state index < -0.39 is 0 Å². The highest BCUT2D eigenvalue weighted by Gasteiger charge is 2.37. The van der Waals surface area contributed by atoms with E-state index in [9.17, 15) is 0 Å². The maximum Gasteiger partial charge on any atom is 0.494 e. The molecule has 4 heteroatoms. The molecule has 74 valence electrons. The van der Waals surface area contributed by atoms with Gasteiger partial charge in [0.05, 0.1) is 12.2 Å². The monoisotopic (exact) mass is 254 g/mol. The molecule has 1 aliphatic rings. The second-order valence-electron chi connectivity index (χ2n) is 4.07. The van der Waals surface area contributed by atoms with Crippen molar-refractivity contribution in [1.82, 2.24) is 0 Å². The Morgan fingerprint density at radius 1 is 1.29 bits per heavy atom. The molecule has 0 aliphatic carbocycles. The number of benzene rings is 1. The summed E-state index contributed by atoms with van der Waals surface area (Å²) >= 11 is 3.39. The first-order chi connectivity index (χ1) is 6.57. The van der Waals surface area contributed by atoms with E-state index in [0.717, 1.165) is 9.94 Å². The first-order valence-corrected chi connectivity index (χ1v) is 5.41. The van der Waals surface area contributed by atoms with Crippen molar-refractivity contribution in [2.24, 2.45) is 0 Å². The van der Waals surface area contributed by atoms with Gasteiger partial charge in [-0.1, -0.05) is 28.1 Å². The van der Waals surface area contributed by atoms with Gasteiger partial charge < -0.3 is 9.31 Å². The average Bonchev–Trinajstić information content (AvgIpc) is 2.47. The van der Waals surface area contributed by atoms with Crippen molar-refractivity contribution >= 4 is 28.5 Å². The summed E-state index contributed by atoms with van der Waals surface area (Å²) in [5, 5.41) is 0. The summed E-state index contributed by atoms with van der Waals surface area (Å²) in [6.07, 6.45) is 0. The molecule has 0 atom stereocenters. The average molecular weight is 255 g/mol. The fourth-order valence-corrected chi connectivity index (χ4v) is 1.68. The van der Waals surface area contributed by atoms with E-state index in [4.69, 9.17) is 9.31 Å². The molecule has 1 aromatic rings. The third-order valence-corrected chi connectivity index (χ3v) is 2.68. The van der Waals surface area contributed by atoms with Crippen molar-refractivity contribution in [2.75, 3.05) is 6.61 Å². The summed E-state index contributed by atoms with van der Waals surface area (Å²) in [5.74, 6) is 0. The molecular weight excluding hydrogens is 243 g/mol. The minimum atomic E-state index is -0.210. The van der Waals surface area contributed by atoms with Gasteiger partial charge in [-0.25, -0.2) is 0 Å². The largest absolute Gasteiger partial charge is 0.494 e. The minimum Gasteiger partial charge on any atom is -0.404 e. The fraction of sp³-hybridized carbons (Fsp3) is 0.400. The van der Waals surface area contributed by atoms with Gasteiger partial charge in [0.25, 0.3) is 0 Å². The van der Waals surface area contributed by atoms with Crippen molar-refractivity contribution in [3.05, 3.63) is 28.7 Å². The summed E-state index contributed by atoms with van der Waals surface area (Å²) in [7, 11) is -0.210. The zero-order valence-electron chi connectivity index (χ0n) is 8.29. The number of halogens is 1. The second kappa shape index (κ2) is 3.68. The van der Waals surface area contributed by atoms with Gasteiger partial charge in [0, 0.05) is 4.47 Å². The van der Waals surface area contributed by atoms with Crippen molar-refractivity contribution in [1.29, 1.82) is 0 Å². The van der Waals surface area contributed by atoms with Crippen LogP contribution in [0.25, 0.3) is 0 Å². The highest BCUT2D eigenvalue weighted by molar-refractivity contribution is 9.10. The van der Waals surface area contributed by atoms with Crippen LogP contribution in [-0.2, 0) is 9.31 Å². The molecular formula is C10H12BBrO2. The molecule has 2 nitrogen and oxygen atoms in total. The van der Waals surface area contributed by atoms with Crippen molar-refractivity contribution < 1.29 is 9.31 Å². The highest BCUT2D eigenvalue weighted by atomic mass is 79.9. The molecule has 2 rings (SSSR count). The van der Waals surface area contributed by atoms with Crippen LogP contribution in [-0.4, -0.2) is 19.3 Å². The Hall–Kier alpha value is -0.315. The Morgan fingerprint density at radius 2 is 1.93 bits per heavy atom. The van der Waals surface area contributed by atoms with Gasteiger partial charge in [0.15, 0.2) is 0 Å². The number of hydrogen-bond donors (Lipinski definition) is 0. The molecule has 0 N–H and O–H groups in total. The second-order valence-corrected chi connectivity index (χ2v) is 4.99. The Morgan fingerprint density at radius 3 is 2.43 bits per heavy atom. The molecule has 0 bridgehead atoms. The Bertz CT molecular complexity index is 323. The van der Waals surface area contributed by atoms with Crippen molar-refractivity contribution in [3.8, 4) is 0 Å². The molecule has 1 saturated heterocycles. The summed E-state index contributed by atoms with van der Waals surface area (Å²) in [5.41, 5.74) is 0.899. The predicted octanol–water partition coefficient (Wildman–Crippen LogP) is 1.97. The number of hydrogen-bond acceptors (Lipinski definition) is 2. The van der Waals surface area contributed by atoms with E-state index >= 15 is 0 Å². The molecule has 0 saturated carbocycles. The first kappa shape index (κ1) is 10.2. The van der Waals surface area contributed by atoms with Gasteiger partial charge in [0.1, 0.15) is 0 Å². The van der Waals surface area contributed by atoms with Gasteiger partial charge in [0.2, 0.25) is 0 Å². The fourth-order valence-electron chi connectivity index (χ4n) is 1.42. The van der Waals surface area contributed by atoms with E-state index in [2.05, 4.69) is 15.9 Å². The van der Waals surface area contributed by atoms with Crippen LogP contribution in [0.2, 0.25) is 0 Å². The molecule has 1 aliphatic heterocycles. The molecule has 1 fully saturated rings. The maximum atomic E-state index is 5.74. The third-order valence-electron chi connectivity index (χ3n) is 2.15. The molecule has 0 unspecified atom stereocenters. The minimum absolute atomic E-state index is 0.169. The van der Waals surface area contributed by atoms with Crippen molar-refractivity contribution in [2.45, 2.75) is 19.4 Å². The molecule has 0 radical (unpaired) electrons. The smallest absolute Gasteiger partial charge is 0.404 e. The van der Waals surface area contributed by atoms with Gasteiger partial charge in [-0.05, 0) is 31.4 Å². The molecule has 0 amide bonds. The topological polar surface area (TPSA) is 18.5 Å². The quantitative estimate of drug-likeness (QED) is 0.714. The maximum absolute atomic E-state index is 5.74. The van der Waals surface area contributed by atoms with E-state index in [0.29, 0.717) is 6.61 Å². The van der Waals surface area contributed by atoms with Gasteiger partial charge >= 0.3 is 7.12 Å². The van der Waals surface area contributed by atoms with Gasteiger partial charge in [-0.15, -0.1) is 0 Å². The molecule has 0 aromatic heterocycles. The zero-order chi connectivity index (χ0) is 10.2. The van der Waals surface area contributed by atoms with Crippen molar-refractivity contribution in [3.63, 3.8) is 0 Å². The molecule has 1 heterocycles. The van der Waals surface area contributed by atoms with Crippen LogP contribution >= 0.6 is 15.9 Å². The van der Waals surface area contributed by atoms with Crippen LogP contribution in [0.5, 0.6) is 0 Å². The van der Waals surface area contributed by atoms with E-state index in [1.165, 1.54) is 0 Å². The summed E-state index contributed by atoms with van der Waals surface area (Å²) in [4.78, 5) is 0. The van der Waals surface area contributed by atoms with Crippen LogP contribution in [0.4, 0.5) is 0 Å². The van der Waals surface area contributed by atoms with Crippen LogP contribution in [0.3, 0.4) is 0 Å².